The molecule has 23 heavy (non-hydrogen) atoms. The van der Waals surface area contributed by atoms with Crippen molar-refractivity contribution in [3.05, 3.63) is 29.3 Å². The second-order valence-corrected chi connectivity index (χ2v) is 7.35. The first-order chi connectivity index (χ1) is 10.8. The molecule has 3 rings (SSSR count). The third-order valence-electron chi connectivity index (χ3n) is 4.67. The summed E-state index contributed by atoms with van der Waals surface area (Å²) in [6.45, 7) is 6.99. The molecule has 0 aromatic heterocycles. The fourth-order valence-electron chi connectivity index (χ4n) is 3.71. The number of hydrogen-bond acceptors (Lipinski definition) is 4. The van der Waals surface area contributed by atoms with Gasteiger partial charge in [-0.2, -0.15) is 5.26 Å². The largest absolute Gasteiger partial charge is 0.444 e. The predicted octanol–water partition coefficient (Wildman–Crippen LogP) is 3.10. The van der Waals surface area contributed by atoms with Gasteiger partial charge in [0.05, 0.1) is 11.3 Å². The number of amides is 1. The molecule has 1 saturated heterocycles. The lowest BCUT2D eigenvalue weighted by molar-refractivity contribution is 0.0190. The number of rotatable bonds is 0. The summed E-state index contributed by atoms with van der Waals surface area (Å²) in [5.41, 5.74) is 2.43. The summed E-state index contributed by atoms with van der Waals surface area (Å²) in [5.74, 6) is 0.240. The molecule has 2 unspecified atom stereocenters. The average molecular weight is 313 g/mol. The third kappa shape index (κ3) is 2.74. The van der Waals surface area contributed by atoms with Gasteiger partial charge in [0.15, 0.2) is 0 Å². The van der Waals surface area contributed by atoms with Crippen LogP contribution >= 0.6 is 0 Å². The fourth-order valence-corrected chi connectivity index (χ4v) is 3.71. The van der Waals surface area contributed by atoms with Crippen LogP contribution in [0.3, 0.4) is 0 Å². The SMILES string of the molecule is CN1c2c(C#N)cccc2C2CN(C(=O)OC(C)(C)C)CCC21. The third-order valence-corrected chi connectivity index (χ3v) is 4.67. The standard InChI is InChI=1S/C18H23N3O2/c1-18(2,3)23-17(22)21-9-8-15-14(11-21)13-7-5-6-12(10-19)16(13)20(15)4/h5-7,14-15H,8-9,11H2,1-4H3. The van der Waals surface area contributed by atoms with Crippen molar-refractivity contribution in [3.63, 3.8) is 0 Å². The number of hydrogen-bond donors (Lipinski definition) is 0. The summed E-state index contributed by atoms with van der Waals surface area (Å²) in [6, 6.07) is 8.50. The molecular weight excluding hydrogens is 290 g/mol. The lowest BCUT2D eigenvalue weighted by Crippen LogP contribution is -2.48. The highest BCUT2D eigenvalue weighted by Crippen LogP contribution is 2.45. The highest BCUT2D eigenvalue weighted by Gasteiger charge is 2.43. The van der Waals surface area contributed by atoms with Crippen molar-refractivity contribution in [3.8, 4) is 6.07 Å². The van der Waals surface area contributed by atoms with Crippen molar-refractivity contribution in [1.82, 2.24) is 4.90 Å². The van der Waals surface area contributed by atoms with E-state index in [2.05, 4.69) is 17.0 Å². The van der Waals surface area contributed by atoms with Crippen LogP contribution in [0.15, 0.2) is 18.2 Å². The van der Waals surface area contributed by atoms with Crippen LogP contribution in [0.5, 0.6) is 0 Å². The predicted molar refractivity (Wildman–Crippen MR) is 88.5 cm³/mol. The van der Waals surface area contributed by atoms with Gasteiger partial charge in [0, 0.05) is 32.1 Å². The lowest BCUT2D eigenvalue weighted by Gasteiger charge is -2.38. The number of nitrogens with zero attached hydrogens (tertiary/aromatic N) is 3. The Labute approximate surface area is 137 Å². The number of piperidine rings is 1. The van der Waals surface area contributed by atoms with Crippen molar-refractivity contribution >= 4 is 11.8 Å². The molecular formula is C18H23N3O2. The Morgan fingerprint density at radius 3 is 2.78 bits per heavy atom. The maximum atomic E-state index is 12.4. The van der Waals surface area contributed by atoms with Crippen molar-refractivity contribution in [2.24, 2.45) is 0 Å². The van der Waals surface area contributed by atoms with Crippen LogP contribution in [0.1, 0.15) is 44.2 Å². The van der Waals surface area contributed by atoms with Gasteiger partial charge in [0.25, 0.3) is 0 Å². The molecule has 1 fully saturated rings. The number of fused-ring (bicyclic) bond motifs is 3. The minimum Gasteiger partial charge on any atom is -0.444 e. The van der Waals surface area contributed by atoms with Crippen LogP contribution < -0.4 is 4.90 Å². The molecule has 2 heterocycles. The molecule has 0 aliphatic carbocycles. The summed E-state index contributed by atoms with van der Waals surface area (Å²) >= 11 is 0. The van der Waals surface area contributed by atoms with Gasteiger partial charge in [-0.05, 0) is 38.8 Å². The van der Waals surface area contributed by atoms with E-state index in [1.165, 1.54) is 5.56 Å². The van der Waals surface area contributed by atoms with Crippen LogP contribution in [0.4, 0.5) is 10.5 Å². The van der Waals surface area contributed by atoms with Crippen LogP contribution in [-0.4, -0.2) is 42.8 Å². The molecule has 2 aliphatic heterocycles. The number of carbonyl (C=O) groups is 1. The van der Waals surface area contributed by atoms with Gasteiger partial charge in [-0.1, -0.05) is 12.1 Å². The summed E-state index contributed by atoms with van der Waals surface area (Å²) in [7, 11) is 2.05. The quantitative estimate of drug-likeness (QED) is 0.738. The van der Waals surface area contributed by atoms with Crippen LogP contribution in [0.2, 0.25) is 0 Å². The normalized spacial score (nSPS) is 23.1. The van der Waals surface area contributed by atoms with Gasteiger partial charge >= 0.3 is 6.09 Å². The van der Waals surface area contributed by atoms with Crippen molar-refractivity contribution in [2.45, 2.75) is 44.8 Å². The number of nitriles is 1. The van der Waals surface area contributed by atoms with E-state index in [0.717, 1.165) is 12.1 Å². The number of ether oxygens (including phenoxy) is 1. The summed E-state index contributed by atoms with van der Waals surface area (Å²) in [6.07, 6.45) is 0.642. The van der Waals surface area contributed by atoms with Gasteiger partial charge in [0.2, 0.25) is 0 Å². The zero-order chi connectivity index (χ0) is 16.8. The molecule has 1 aromatic carbocycles. The smallest absolute Gasteiger partial charge is 0.410 e. The molecule has 2 aliphatic rings. The summed E-state index contributed by atoms with van der Waals surface area (Å²) < 4.78 is 5.51. The van der Waals surface area contributed by atoms with Crippen molar-refractivity contribution < 1.29 is 9.53 Å². The van der Waals surface area contributed by atoms with E-state index in [9.17, 15) is 10.1 Å². The first-order valence-corrected chi connectivity index (χ1v) is 8.05. The molecule has 1 amide bonds. The zero-order valence-corrected chi connectivity index (χ0v) is 14.2. The van der Waals surface area contributed by atoms with E-state index >= 15 is 0 Å². The van der Waals surface area contributed by atoms with Gasteiger partial charge in [-0.15, -0.1) is 0 Å². The Balaban J connectivity index is 1.85. The number of likely N-dealkylation sites (N-methyl/N-ethyl adjacent to an activating group) is 1. The number of anilines is 1. The average Bonchev–Trinajstić information content (AvgIpc) is 2.78. The maximum absolute atomic E-state index is 12.4. The summed E-state index contributed by atoms with van der Waals surface area (Å²) in [4.78, 5) is 16.4. The molecule has 5 nitrogen and oxygen atoms in total. The van der Waals surface area contributed by atoms with Crippen molar-refractivity contribution in [2.75, 3.05) is 25.0 Å². The Morgan fingerprint density at radius 2 is 2.13 bits per heavy atom. The highest BCUT2D eigenvalue weighted by molar-refractivity contribution is 5.72. The maximum Gasteiger partial charge on any atom is 0.410 e. The lowest BCUT2D eigenvalue weighted by atomic mass is 9.89. The fraction of sp³-hybridized carbons (Fsp3) is 0.556. The van der Waals surface area contributed by atoms with E-state index in [-0.39, 0.29) is 12.0 Å². The van der Waals surface area contributed by atoms with Crippen LogP contribution in [0, 0.1) is 11.3 Å². The zero-order valence-electron chi connectivity index (χ0n) is 14.2. The minimum atomic E-state index is -0.480. The molecule has 122 valence electrons. The Bertz CT molecular complexity index is 672. The number of benzene rings is 1. The molecule has 0 N–H and O–H groups in total. The summed E-state index contributed by atoms with van der Waals surface area (Å²) in [5, 5.41) is 9.36. The second-order valence-electron chi connectivity index (χ2n) is 7.35. The number of para-hydroxylation sites is 1. The molecule has 2 atom stereocenters. The first-order valence-electron chi connectivity index (χ1n) is 8.05. The van der Waals surface area contributed by atoms with Gasteiger partial charge < -0.3 is 14.5 Å². The van der Waals surface area contributed by atoms with E-state index in [1.807, 2.05) is 40.0 Å². The van der Waals surface area contributed by atoms with E-state index < -0.39 is 5.60 Å². The number of likely N-dealkylation sites (tertiary alicyclic amines) is 1. The Kier molecular flexibility index (Phi) is 3.71. The highest BCUT2D eigenvalue weighted by atomic mass is 16.6. The van der Waals surface area contributed by atoms with E-state index in [1.54, 1.807) is 4.90 Å². The monoisotopic (exact) mass is 313 g/mol. The van der Waals surface area contributed by atoms with Gasteiger partial charge in [0.1, 0.15) is 11.7 Å². The molecule has 0 spiro atoms. The van der Waals surface area contributed by atoms with E-state index in [4.69, 9.17) is 4.74 Å². The topological polar surface area (TPSA) is 56.6 Å². The van der Waals surface area contributed by atoms with Gasteiger partial charge in [-0.3, -0.25) is 0 Å². The molecule has 0 bridgehead atoms. The second kappa shape index (κ2) is 5.45. The van der Waals surface area contributed by atoms with Gasteiger partial charge in [-0.25, -0.2) is 4.79 Å². The van der Waals surface area contributed by atoms with Crippen LogP contribution in [-0.2, 0) is 4.74 Å². The van der Waals surface area contributed by atoms with Crippen LogP contribution in [0.25, 0.3) is 0 Å². The first kappa shape index (κ1) is 15.7. The molecule has 1 aromatic rings. The Morgan fingerprint density at radius 1 is 1.39 bits per heavy atom. The van der Waals surface area contributed by atoms with E-state index in [0.29, 0.717) is 24.7 Å². The Hall–Kier alpha value is -2.22. The van der Waals surface area contributed by atoms with Crippen molar-refractivity contribution in [1.29, 1.82) is 5.26 Å². The molecule has 0 saturated carbocycles. The molecule has 5 heteroatoms. The minimum absolute atomic E-state index is 0.240. The number of carbonyl (C=O) groups excluding carboxylic acids is 1. The molecule has 0 radical (unpaired) electrons.